The van der Waals surface area contributed by atoms with Crippen LogP contribution in [0.5, 0.6) is 11.5 Å². The van der Waals surface area contributed by atoms with Crippen LogP contribution >= 0.6 is 0 Å². The molecule has 1 aliphatic carbocycles. The summed E-state index contributed by atoms with van der Waals surface area (Å²) < 4.78 is 11.5. The molecule has 3 heteroatoms. The summed E-state index contributed by atoms with van der Waals surface area (Å²) in [5, 5.41) is 3.77. The number of benzene rings is 1. The largest absolute Gasteiger partial charge is 0.486 e. The first-order chi connectivity index (χ1) is 10.3. The van der Waals surface area contributed by atoms with Gasteiger partial charge in [0, 0.05) is 6.04 Å². The first-order valence-corrected chi connectivity index (χ1v) is 8.47. The third-order valence-corrected chi connectivity index (χ3v) is 5.43. The molecule has 0 radical (unpaired) electrons. The van der Waals surface area contributed by atoms with E-state index in [9.17, 15) is 0 Å². The van der Waals surface area contributed by atoms with E-state index >= 15 is 0 Å². The van der Waals surface area contributed by atoms with E-state index in [-0.39, 0.29) is 0 Å². The molecule has 0 spiro atoms. The van der Waals surface area contributed by atoms with Crippen LogP contribution in [0.3, 0.4) is 0 Å². The van der Waals surface area contributed by atoms with Crippen LogP contribution in [0.15, 0.2) is 12.1 Å². The van der Waals surface area contributed by atoms with Gasteiger partial charge in [-0.05, 0) is 60.9 Å². The SMILES string of the molecule is CC1CCC(C2NCCc3cc4c(cc32)OCCO4)CC1. The van der Waals surface area contributed by atoms with Gasteiger partial charge in [0.1, 0.15) is 13.2 Å². The summed E-state index contributed by atoms with van der Waals surface area (Å²) in [4.78, 5) is 0. The number of ether oxygens (including phenoxy) is 2. The summed E-state index contributed by atoms with van der Waals surface area (Å²) in [6, 6.07) is 4.99. The molecule has 0 bridgehead atoms. The Bertz CT molecular complexity index is 520. The highest BCUT2D eigenvalue weighted by molar-refractivity contribution is 5.50. The molecule has 2 heterocycles. The lowest BCUT2D eigenvalue weighted by Crippen LogP contribution is -2.36. The van der Waals surface area contributed by atoms with E-state index in [0.717, 1.165) is 36.3 Å². The number of hydrogen-bond donors (Lipinski definition) is 1. The molecule has 114 valence electrons. The van der Waals surface area contributed by atoms with Crippen molar-refractivity contribution in [1.82, 2.24) is 5.32 Å². The second kappa shape index (κ2) is 5.53. The predicted molar refractivity (Wildman–Crippen MR) is 83.0 cm³/mol. The third kappa shape index (κ3) is 2.52. The van der Waals surface area contributed by atoms with Gasteiger partial charge in [0.25, 0.3) is 0 Å². The highest BCUT2D eigenvalue weighted by atomic mass is 16.6. The first kappa shape index (κ1) is 13.4. The molecule has 1 aromatic rings. The molecule has 3 nitrogen and oxygen atoms in total. The number of fused-ring (bicyclic) bond motifs is 2. The summed E-state index contributed by atoms with van der Waals surface area (Å²) >= 11 is 0. The van der Waals surface area contributed by atoms with Gasteiger partial charge in [-0.2, -0.15) is 0 Å². The third-order valence-electron chi connectivity index (χ3n) is 5.43. The molecule has 1 N–H and O–H groups in total. The average molecular weight is 287 g/mol. The Hall–Kier alpha value is -1.22. The topological polar surface area (TPSA) is 30.5 Å². The molecule has 0 amide bonds. The van der Waals surface area contributed by atoms with Crippen molar-refractivity contribution in [2.45, 2.75) is 45.1 Å². The second-order valence-electron chi connectivity index (χ2n) is 6.90. The van der Waals surface area contributed by atoms with Crippen LogP contribution in [0.1, 0.15) is 49.8 Å². The minimum absolute atomic E-state index is 0.511. The van der Waals surface area contributed by atoms with Crippen molar-refractivity contribution >= 4 is 0 Å². The number of nitrogens with one attached hydrogen (secondary N) is 1. The minimum Gasteiger partial charge on any atom is -0.486 e. The first-order valence-electron chi connectivity index (χ1n) is 8.47. The van der Waals surface area contributed by atoms with Gasteiger partial charge in [0.05, 0.1) is 0 Å². The quantitative estimate of drug-likeness (QED) is 0.858. The van der Waals surface area contributed by atoms with Gasteiger partial charge < -0.3 is 14.8 Å². The monoisotopic (exact) mass is 287 g/mol. The van der Waals surface area contributed by atoms with E-state index in [4.69, 9.17) is 9.47 Å². The molecular weight excluding hydrogens is 262 g/mol. The zero-order valence-electron chi connectivity index (χ0n) is 12.9. The number of rotatable bonds is 1. The van der Waals surface area contributed by atoms with E-state index in [1.165, 1.54) is 36.8 Å². The Balaban J connectivity index is 1.64. The molecular formula is C18H25NO2. The maximum Gasteiger partial charge on any atom is 0.161 e. The van der Waals surface area contributed by atoms with Crippen molar-refractivity contribution in [1.29, 1.82) is 0 Å². The molecule has 1 aromatic carbocycles. The maximum absolute atomic E-state index is 5.79. The Morgan fingerprint density at radius 3 is 2.48 bits per heavy atom. The van der Waals surface area contributed by atoms with E-state index in [1.54, 1.807) is 0 Å². The molecule has 1 saturated carbocycles. The minimum atomic E-state index is 0.511. The van der Waals surface area contributed by atoms with Crippen molar-refractivity contribution < 1.29 is 9.47 Å². The van der Waals surface area contributed by atoms with Gasteiger partial charge in [-0.15, -0.1) is 0 Å². The van der Waals surface area contributed by atoms with Crippen LogP contribution in [-0.4, -0.2) is 19.8 Å². The Morgan fingerprint density at radius 1 is 1.00 bits per heavy atom. The zero-order chi connectivity index (χ0) is 14.2. The van der Waals surface area contributed by atoms with Crippen molar-refractivity contribution in [3.8, 4) is 11.5 Å². The molecule has 3 aliphatic rings. The summed E-state index contributed by atoms with van der Waals surface area (Å²) in [5.74, 6) is 3.57. The highest BCUT2D eigenvalue weighted by Crippen LogP contribution is 2.43. The number of hydrogen-bond acceptors (Lipinski definition) is 3. The molecule has 2 aliphatic heterocycles. The van der Waals surface area contributed by atoms with Crippen molar-refractivity contribution in [3.05, 3.63) is 23.3 Å². The second-order valence-corrected chi connectivity index (χ2v) is 6.90. The molecule has 0 saturated heterocycles. The molecule has 1 unspecified atom stereocenters. The van der Waals surface area contributed by atoms with Gasteiger partial charge in [-0.3, -0.25) is 0 Å². The van der Waals surface area contributed by atoms with Gasteiger partial charge in [-0.25, -0.2) is 0 Å². The van der Waals surface area contributed by atoms with Crippen molar-refractivity contribution in [2.24, 2.45) is 11.8 Å². The fraction of sp³-hybridized carbons (Fsp3) is 0.667. The van der Waals surface area contributed by atoms with Crippen LogP contribution in [0, 0.1) is 11.8 Å². The van der Waals surface area contributed by atoms with Crippen LogP contribution in [0.4, 0.5) is 0 Å². The Labute approximate surface area is 127 Å². The molecule has 4 rings (SSSR count). The van der Waals surface area contributed by atoms with Crippen LogP contribution < -0.4 is 14.8 Å². The summed E-state index contributed by atoms with van der Waals surface area (Å²) in [6.45, 7) is 4.82. The lowest BCUT2D eigenvalue weighted by Gasteiger charge is -2.37. The summed E-state index contributed by atoms with van der Waals surface area (Å²) in [7, 11) is 0. The summed E-state index contributed by atoms with van der Waals surface area (Å²) in [6.07, 6.45) is 6.57. The smallest absolute Gasteiger partial charge is 0.161 e. The molecule has 1 atom stereocenters. The van der Waals surface area contributed by atoms with E-state index < -0.39 is 0 Å². The predicted octanol–water partition coefficient (Wildman–Crippen LogP) is 3.47. The Kier molecular flexibility index (Phi) is 3.54. The van der Waals surface area contributed by atoms with Crippen molar-refractivity contribution in [2.75, 3.05) is 19.8 Å². The molecule has 1 fully saturated rings. The lowest BCUT2D eigenvalue weighted by atomic mass is 9.75. The lowest BCUT2D eigenvalue weighted by molar-refractivity contribution is 0.170. The van der Waals surface area contributed by atoms with Gasteiger partial charge in [0.15, 0.2) is 11.5 Å². The van der Waals surface area contributed by atoms with Crippen LogP contribution in [0.2, 0.25) is 0 Å². The molecule has 0 aromatic heterocycles. The zero-order valence-corrected chi connectivity index (χ0v) is 12.9. The van der Waals surface area contributed by atoms with Gasteiger partial charge >= 0.3 is 0 Å². The van der Waals surface area contributed by atoms with E-state index in [1.807, 2.05) is 0 Å². The van der Waals surface area contributed by atoms with Crippen LogP contribution in [-0.2, 0) is 6.42 Å². The van der Waals surface area contributed by atoms with E-state index in [2.05, 4.69) is 24.4 Å². The van der Waals surface area contributed by atoms with E-state index in [0.29, 0.717) is 19.3 Å². The standard InChI is InChI=1S/C18H25NO2/c1-12-2-4-13(5-3-12)18-15-11-17-16(20-8-9-21-17)10-14(15)6-7-19-18/h10-13,18-19H,2-9H2,1H3. The van der Waals surface area contributed by atoms with Gasteiger partial charge in [0.2, 0.25) is 0 Å². The fourth-order valence-corrected chi connectivity index (χ4v) is 4.16. The van der Waals surface area contributed by atoms with Crippen LogP contribution in [0.25, 0.3) is 0 Å². The maximum atomic E-state index is 5.79. The summed E-state index contributed by atoms with van der Waals surface area (Å²) in [5.41, 5.74) is 2.92. The van der Waals surface area contributed by atoms with Crippen molar-refractivity contribution in [3.63, 3.8) is 0 Å². The van der Waals surface area contributed by atoms with Gasteiger partial charge in [-0.1, -0.05) is 19.8 Å². The average Bonchev–Trinajstić information content (AvgIpc) is 2.53. The highest BCUT2D eigenvalue weighted by Gasteiger charge is 2.31. The fourth-order valence-electron chi connectivity index (χ4n) is 4.16. The Morgan fingerprint density at radius 2 is 1.71 bits per heavy atom. The molecule has 21 heavy (non-hydrogen) atoms. The normalized spacial score (nSPS) is 31.6.